The Morgan fingerprint density at radius 2 is 1.37 bits per heavy atom. The Balaban J connectivity index is 1.40. The molecule has 0 amide bonds. The highest BCUT2D eigenvalue weighted by atomic mass is 16.5. The van der Waals surface area contributed by atoms with E-state index in [0.717, 1.165) is 39.5 Å². The highest BCUT2D eigenvalue weighted by Crippen LogP contribution is 2.47. The number of nitrogens with one attached hydrogen (secondary N) is 2. The lowest BCUT2D eigenvalue weighted by atomic mass is 9.78. The molecule has 2 N–H and O–H groups in total. The normalized spacial score (nSPS) is 17.8. The molecule has 2 aliphatic rings. The first-order chi connectivity index (χ1) is 20.1. The molecule has 4 aromatic carbocycles. The molecule has 7 heteroatoms. The number of Topliss-reactive ketones (excluding diaryl/α,β-unsaturated/α-hetero) is 1. The van der Waals surface area contributed by atoms with Crippen LogP contribution in [0.3, 0.4) is 0 Å². The van der Waals surface area contributed by atoms with E-state index in [9.17, 15) is 4.79 Å². The zero-order valence-electron chi connectivity index (χ0n) is 23.3. The van der Waals surface area contributed by atoms with Gasteiger partial charge in [0.25, 0.3) is 0 Å². The molecule has 2 unspecified atom stereocenters. The van der Waals surface area contributed by atoms with Crippen LogP contribution in [-0.4, -0.2) is 27.1 Å². The molecule has 0 bridgehead atoms. The Kier molecular flexibility index (Phi) is 7.25. The number of methoxy groups -OCH3 is 3. The smallest absolute Gasteiger partial charge is 0.203 e. The fourth-order valence-corrected chi connectivity index (χ4v) is 5.70. The Hall–Kier alpha value is -4.91. The maximum absolute atomic E-state index is 14.1. The summed E-state index contributed by atoms with van der Waals surface area (Å²) in [6.07, 6.45) is 1.00. The van der Waals surface area contributed by atoms with Gasteiger partial charge in [0.1, 0.15) is 11.5 Å². The first-order valence-corrected chi connectivity index (χ1v) is 13.6. The summed E-state index contributed by atoms with van der Waals surface area (Å²) in [5.74, 6) is 3.16. The number of anilines is 2. The fourth-order valence-electron chi connectivity index (χ4n) is 5.70. The fraction of sp³-hybridized carbons (Fsp3) is 0.206. The lowest BCUT2D eigenvalue weighted by Crippen LogP contribution is -2.27. The zero-order valence-corrected chi connectivity index (χ0v) is 23.3. The summed E-state index contributed by atoms with van der Waals surface area (Å²) in [4.78, 5) is 14.1. The van der Waals surface area contributed by atoms with E-state index in [1.54, 1.807) is 21.3 Å². The lowest BCUT2D eigenvalue weighted by molar-refractivity contribution is -0.116. The standard InChI is InChI=1S/C34H32N2O5/c1-38-30-19-23(20-31(39-2)34(30)40-3)22-17-28-32(29(37)18-22)33(36-27-15-8-7-14-26(27)35-28)21-10-9-13-25(16-21)41-24-11-5-4-6-12-24/h4-16,19-20,22,33,35-36H,17-18H2,1-3H3. The highest BCUT2D eigenvalue weighted by molar-refractivity contribution is 6.01. The maximum Gasteiger partial charge on any atom is 0.203 e. The van der Waals surface area contributed by atoms with Crippen LogP contribution >= 0.6 is 0 Å². The number of ketones is 1. The number of hydrogen-bond acceptors (Lipinski definition) is 7. The van der Waals surface area contributed by atoms with E-state index in [2.05, 4.69) is 10.6 Å². The van der Waals surface area contributed by atoms with Crippen LogP contribution in [0, 0.1) is 0 Å². The Morgan fingerprint density at radius 1 is 0.683 bits per heavy atom. The van der Waals surface area contributed by atoms with Crippen molar-refractivity contribution in [1.82, 2.24) is 0 Å². The molecule has 2 atom stereocenters. The molecule has 7 nitrogen and oxygen atoms in total. The Bertz CT molecular complexity index is 1590. The molecule has 0 saturated carbocycles. The number of allylic oxidation sites excluding steroid dienone is 1. The quantitative estimate of drug-likeness (QED) is 0.248. The number of para-hydroxylation sites is 3. The molecule has 1 aliphatic carbocycles. The largest absolute Gasteiger partial charge is 0.493 e. The van der Waals surface area contributed by atoms with E-state index in [1.807, 2.05) is 91.0 Å². The third kappa shape index (κ3) is 5.18. The molecule has 0 aromatic heterocycles. The van der Waals surface area contributed by atoms with Crippen LogP contribution in [-0.2, 0) is 4.79 Å². The number of rotatable bonds is 7. The van der Waals surface area contributed by atoms with Crippen LogP contribution in [0.15, 0.2) is 102 Å². The van der Waals surface area contributed by atoms with Crippen LogP contribution < -0.4 is 29.6 Å². The van der Waals surface area contributed by atoms with Crippen molar-refractivity contribution in [3.05, 3.63) is 113 Å². The van der Waals surface area contributed by atoms with Gasteiger partial charge in [0.15, 0.2) is 17.3 Å². The summed E-state index contributed by atoms with van der Waals surface area (Å²) in [7, 11) is 4.79. The zero-order chi connectivity index (χ0) is 28.3. The molecule has 1 heterocycles. The predicted molar refractivity (Wildman–Crippen MR) is 159 cm³/mol. The second-order valence-electron chi connectivity index (χ2n) is 10.1. The average molecular weight is 549 g/mol. The minimum Gasteiger partial charge on any atom is -0.493 e. The van der Waals surface area contributed by atoms with Gasteiger partial charge in [0.05, 0.1) is 38.7 Å². The summed E-state index contributed by atoms with van der Waals surface area (Å²) in [6, 6.07) is 29.2. The van der Waals surface area contributed by atoms with Gasteiger partial charge in [-0.3, -0.25) is 4.79 Å². The van der Waals surface area contributed by atoms with E-state index >= 15 is 0 Å². The number of benzene rings is 4. The maximum atomic E-state index is 14.1. The molecule has 0 fully saturated rings. The van der Waals surface area contributed by atoms with Gasteiger partial charge in [-0.1, -0.05) is 42.5 Å². The van der Waals surface area contributed by atoms with Crippen molar-refractivity contribution < 1.29 is 23.7 Å². The van der Waals surface area contributed by atoms with E-state index in [-0.39, 0.29) is 17.7 Å². The van der Waals surface area contributed by atoms with Crippen molar-refractivity contribution in [2.75, 3.05) is 32.0 Å². The molecule has 4 aromatic rings. The molecule has 6 rings (SSSR count). The van der Waals surface area contributed by atoms with Crippen molar-refractivity contribution in [1.29, 1.82) is 0 Å². The number of carbonyl (C=O) groups excluding carboxylic acids is 1. The van der Waals surface area contributed by atoms with Gasteiger partial charge >= 0.3 is 0 Å². The van der Waals surface area contributed by atoms with Crippen LogP contribution in [0.2, 0.25) is 0 Å². The van der Waals surface area contributed by atoms with E-state index in [1.165, 1.54) is 0 Å². The first-order valence-electron chi connectivity index (χ1n) is 13.6. The van der Waals surface area contributed by atoms with Crippen molar-refractivity contribution in [2.45, 2.75) is 24.8 Å². The van der Waals surface area contributed by atoms with Gasteiger partial charge in [-0.25, -0.2) is 0 Å². The molecule has 41 heavy (non-hydrogen) atoms. The first kappa shape index (κ1) is 26.3. The van der Waals surface area contributed by atoms with Gasteiger partial charge in [0, 0.05) is 17.7 Å². The second-order valence-corrected chi connectivity index (χ2v) is 10.1. The molecule has 1 aliphatic heterocycles. The van der Waals surface area contributed by atoms with Crippen molar-refractivity contribution >= 4 is 17.2 Å². The number of carbonyl (C=O) groups is 1. The van der Waals surface area contributed by atoms with Gasteiger partial charge in [-0.05, 0) is 72.0 Å². The number of hydrogen-bond donors (Lipinski definition) is 2. The van der Waals surface area contributed by atoms with Crippen molar-refractivity contribution in [3.8, 4) is 28.7 Å². The predicted octanol–water partition coefficient (Wildman–Crippen LogP) is 7.48. The Morgan fingerprint density at radius 3 is 2.07 bits per heavy atom. The van der Waals surface area contributed by atoms with Crippen LogP contribution in [0.1, 0.15) is 35.9 Å². The van der Waals surface area contributed by atoms with Crippen molar-refractivity contribution in [3.63, 3.8) is 0 Å². The molecule has 0 spiro atoms. The minimum atomic E-state index is -0.353. The lowest BCUT2D eigenvalue weighted by Gasteiger charge is -2.30. The molecular formula is C34H32N2O5. The third-order valence-electron chi connectivity index (χ3n) is 7.64. The molecule has 208 valence electrons. The van der Waals surface area contributed by atoms with Crippen LogP contribution in [0.25, 0.3) is 0 Å². The summed E-state index contributed by atoms with van der Waals surface area (Å²) >= 11 is 0. The summed E-state index contributed by atoms with van der Waals surface area (Å²) in [5.41, 5.74) is 5.40. The third-order valence-corrected chi connectivity index (χ3v) is 7.64. The van der Waals surface area contributed by atoms with E-state index in [0.29, 0.717) is 35.8 Å². The van der Waals surface area contributed by atoms with E-state index in [4.69, 9.17) is 18.9 Å². The monoisotopic (exact) mass is 548 g/mol. The molecule has 0 saturated heterocycles. The minimum absolute atomic E-state index is 0.0684. The van der Waals surface area contributed by atoms with Gasteiger partial charge in [0.2, 0.25) is 5.75 Å². The van der Waals surface area contributed by atoms with Crippen molar-refractivity contribution in [2.24, 2.45) is 0 Å². The average Bonchev–Trinajstić information content (AvgIpc) is 3.18. The summed E-state index contributed by atoms with van der Waals surface area (Å²) in [6.45, 7) is 0. The van der Waals surface area contributed by atoms with Gasteiger partial charge in [-0.2, -0.15) is 0 Å². The second kappa shape index (κ2) is 11.3. The van der Waals surface area contributed by atoms with Crippen LogP contribution in [0.5, 0.6) is 28.7 Å². The van der Waals surface area contributed by atoms with Gasteiger partial charge < -0.3 is 29.6 Å². The Labute approximate surface area is 239 Å². The SMILES string of the molecule is COc1cc(C2CC(=O)C3=C(C2)Nc2ccccc2NC3c2cccc(Oc3ccccc3)c2)cc(OC)c1OC. The number of fused-ring (bicyclic) bond motifs is 1. The molecule has 0 radical (unpaired) electrons. The molecular weight excluding hydrogens is 516 g/mol. The highest BCUT2D eigenvalue weighted by Gasteiger charge is 2.36. The van der Waals surface area contributed by atoms with Gasteiger partial charge in [-0.15, -0.1) is 0 Å². The van der Waals surface area contributed by atoms with E-state index < -0.39 is 0 Å². The topological polar surface area (TPSA) is 78.1 Å². The van der Waals surface area contributed by atoms with Crippen LogP contribution in [0.4, 0.5) is 11.4 Å². The summed E-state index contributed by atoms with van der Waals surface area (Å²) < 4.78 is 22.8. The number of ether oxygens (including phenoxy) is 4. The summed E-state index contributed by atoms with van der Waals surface area (Å²) in [5, 5.41) is 7.25.